The van der Waals surface area contributed by atoms with Gasteiger partial charge in [0.05, 0.1) is 5.02 Å². The number of rotatable bonds is 5. The maximum Gasteiger partial charge on any atom is 0.146 e. The zero-order valence-corrected chi connectivity index (χ0v) is 12.2. The predicted molar refractivity (Wildman–Crippen MR) is 75.3 cm³/mol. The molecule has 0 aliphatic carbocycles. The third-order valence-corrected chi connectivity index (χ3v) is 3.95. The van der Waals surface area contributed by atoms with Gasteiger partial charge in [0.1, 0.15) is 5.82 Å². The van der Waals surface area contributed by atoms with Crippen LogP contribution >= 0.6 is 11.6 Å². The summed E-state index contributed by atoms with van der Waals surface area (Å²) in [5.41, 5.74) is 6.38. The molecule has 0 radical (unpaired) electrons. The fourth-order valence-corrected chi connectivity index (χ4v) is 2.23. The van der Waals surface area contributed by atoms with E-state index in [4.69, 9.17) is 17.3 Å². The number of likely N-dealkylation sites (N-methyl/N-ethyl adjacent to an activating group) is 1. The number of hydrogen-bond donors (Lipinski definition) is 1. The van der Waals surface area contributed by atoms with Gasteiger partial charge in [0.2, 0.25) is 0 Å². The van der Waals surface area contributed by atoms with Gasteiger partial charge in [0.15, 0.2) is 0 Å². The van der Waals surface area contributed by atoms with Crippen molar-refractivity contribution in [2.75, 3.05) is 13.6 Å². The molecule has 102 valence electrons. The zero-order valence-electron chi connectivity index (χ0n) is 11.5. The van der Waals surface area contributed by atoms with Crippen LogP contribution in [0.3, 0.4) is 0 Å². The van der Waals surface area contributed by atoms with Gasteiger partial charge in [-0.25, -0.2) is 4.39 Å². The van der Waals surface area contributed by atoms with Crippen molar-refractivity contribution in [2.24, 2.45) is 11.7 Å². The van der Waals surface area contributed by atoms with Crippen molar-refractivity contribution in [1.82, 2.24) is 4.90 Å². The second-order valence-corrected chi connectivity index (χ2v) is 5.45. The molecule has 1 rings (SSSR count). The largest absolute Gasteiger partial charge is 0.329 e. The van der Waals surface area contributed by atoms with Crippen LogP contribution in [0.4, 0.5) is 4.39 Å². The van der Waals surface area contributed by atoms with Crippen molar-refractivity contribution >= 4 is 11.6 Å². The van der Waals surface area contributed by atoms with Crippen LogP contribution in [0.25, 0.3) is 0 Å². The Bertz CT molecular complexity index is 395. The van der Waals surface area contributed by atoms with Crippen molar-refractivity contribution in [2.45, 2.75) is 32.9 Å². The second-order valence-electron chi connectivity index (χ2n) is 5.04. The number of halogens is 2. The first-order valence-corrected chi connectivity index (χ1v) is 6.63. The summed E-state index contributed by atoms with van der Waals surface area (Å²) < 4.78 is 14.0. The minimum Gasteiger partial charge on any atom is -0.329 e. The Kier molecular flexibility index (Phi) is 5.57. The van der Waals surface area contributed by atoms with Crippen LogP contribution in [0, 0.1) is 11.7 Å². The highest BCUT2D eigenvalue weighted by molar-refractivity contribution is 6.30. The molecular formula is C14H22ClFN2. The fraction of sp³-hybridized carbons (Fsp3) is 0.571. The molecule has 1 aromatic carbocycles. The SMILES string of the molecule is CC(C)C(C)N(C)C(CN)c1cccc(Cl)c1F. The first kappa shape index (κ1) is 15.4. The van der Waals surface area contributed by atoms with E-state index in [1.165, 1.54) is 0 Å². The summed E-state index contributed by atoms with van der Waals surface area (Å²) in [7, 11) is 1.97. The van der Waals surface area contributed by atoms with Gasteiger partial charge in [0.25, 0.3) is 0 Å². The number of benzene rings is 1. The molecule has 2 N–H and O–H groups in total. The quantitative estimate of drug-likeness (QED) is 0.890. The third-order valence-electron chi connectivity index (χ3n) is 3.66. The van der Waals surface area contributed by atoms with E-state index in [1.807, 2.05) is 7.05 Å². The summed E-state index contributed by atoms with van der Waals surface area (Å²) in [5.74, 6) is 0.115. The van der Waals surface area contributed by atoms with E-state index in [9.17, 15) is 4.39 Å². The first-order chi connectivity index (χ1) is 8.40. The molecule has 0 aromatic heterocycles. The van der Waals surface area contributed by atoms with Gasteiger partial charge >= 0.3 is 0 Å². The van der Waals surface area contributed by atoms with Gasteiger partial charge < -0.3 is 5.73 Å². The normalized spacial score (nSPS) is 15.2. The summed E-state index contributed by atoms with van der Waals surface area (Å²) in [6, 6.07) is 5.23. The van der Waals surface area contributed by atoms with Gasteiger partial charge in [-0.2, -0.15) is 0 Å². The molecule has 0 saturated heterocycles. The van der Waals surface area contributed by atoms with Gasteiger partial charge in [0, 0.05) is 24.2 Å². The average Bonchev–Trinajstić information content (AvgIpc) is 2.34. The van der Waals surface area contributed by atoms with Crippen molar-refractivity contribution in [1.29, 1.82) is 0 Å². The van der Waals surface area contributed by atoms with Gasteiger partial charge in [-0.1, -0.05) is 37.6 Å². The molecular weight excluding hydrogens is 251 g/mol. The van der Waals surface area contributed by atoms with Crippen molar-refractivity contribution in [3.05, 3.63) is 34.6 Å². The number of hydrogen-bond acceptors (Lipinski definition) is 2. The van der Waals surface area contributed by atoms with Crippen molar-refractivity contribution < 1.29 is 4.39 Å². The Balaban J connectivity index is 3.06. The van der Waals surface area contributed by atoms with Crippen molar-refractivity contribution in [3.63, 3.8) is 0 Å². The number of nitrogens with zero attached hydrogens (tertiary/aromatic N) is 1. The van der Waals surface area contributed by atoms with Crippen LogP contribution in [0.1, 0.15) is 32.4 Å². The Morgan fingerprint density at radius 3 is 2.44 bits per heavy atom. The van der Waals surface area contributed by atoms with Crippen LogP contribution in [0.15, 0.2) is 18.2 Å². The molecule has 0 aliphatic rings. The Morgan fingerprint density at radius 2 is 1.94 bits per heavy atom. The summed E-state index contributed by atoms with van der Waals surface area (Å²) in [4.78, 5) is 2.11. The smallest absolute Gasteiger partial charge is 0.146 e. The van der Waals surface area contributed by atoms with E-state index < -0.39 is 0 Å². The first-order valence-electron chi connectivity index (χ1n) is 6.26. The van der Waals surface area contributed by atoms with E-state index in [1.54, 1.807) is 18.2 Å². The van der Waals surface area contributed by atoms with Crippen LogP contribution in [-0.4, -0.2) is 24.5 Å². The second kappa shape index (κ2) is 6.50. The molecule has 2 atom stereocenters. The molecule has 18 heavy (non-hydrogen) atoms. The molecule has 2 nitrogen and oxygen atoms in total. The van der Waals surface area contributed by atoms with Gasteiger partial charge in [-0.3, -0.25) is 4.90 Å². The predicted octanol–water partition coefficient (Wildman–Crippen LogP) is 3.46. The van der Waals surface area contributed by atoms with E-state index in [-0.39, 0.29) is 16.9 Å². The molecule has 2 unspecified atom stereocenters. The highest BCUT2D eigenvalue weighted by Crippen LogP contribution is 2.28. The van der Waals surface area contributed by atoms with Crippen molar-refractivity contribution in [3.8, 4) is 0 Å². The molecule has 4 heteroatoms. The highest BCUT2D eigenvalue weighted by Gasteiger charge is 2.25. The molecule has 0 bridgehead atoms. The summed E-state index contributed by atoms with van der Waals surface area (Å²) in [5, 5.41) is 0.150. The Hall–Kier alpha value is -0.640. The van der Waals surface area contributed by atoms with E-state index in [0.717, 1.165) is 0 Å². The van der Waals surface area contributed by atoms with E-state index in [0.29, 0.717) is 24.1 Å². The molecule has 0 aliphatic heterocycles. The van der Waals surface area contributed by atoms with Gasteiger partial charge in [-0.15, -0.1) is 0 Å². The standard InChI is InChI=1S/C14H22ClFN2/c1-9(2)10(3)18(4)13(8-17)11-6-5-7-12(15)14(11)16/h5-7,9-10,13H,8,17H2,1-4H3. The lowest BCUT2D eigenvalue weighted by Crippen LogP contribution is -2.40. The lowest BCUT2D eigenvalue weighted by atomic mass is 9.99. The van der Waals surface area contributed by atoms with Crippen LogP contribution in [-0.2, 0) is 0 Å². The summed E-state index contributed by atoms with van der Waals surface area (Å²) in [6.07, 6.45) is 0. The fourth-order valence-electron chi connectivity index (χ4n) is 2.04. The van der Waals surface area contributed by atoms with Crippen LogP contribution < -0.4 is 5.73 Å². The minimum absolute atomic E-state index is 0.150. The molecule has 0 heterocycles. The lowest BCUT2D eigenvalue weighted by Gasteiger charge is -2.35. The zero-order chi connectivity index (χ0) is 13.9. The molecule has 0 amide bonds. The van der Waals surface area contributed by atoms with Crippen LogP contribution in [0.2, 0.25) is 5.02 Å². The maximum atomic E-state index is 14.0. The van der Waals surface area contributed by atoms with E-state index >= 15 is 0 Å². The van der Waals surface area contributed by atoms with E-state index in [2.05, 4.69) is 25.7 Å². The third kappa shape index (κ3) is 3.22. The highest BCUT2D eigenvalue weighted by atomic mass is 35.5. The molecule has 0 saturated carbocycles. The topological polar surface area (TPSA) is 29.3 Å². The minimum atomic E-state index is -0.363. The summed E-state index contributed by atoms with van der Waals surface area (Å²) in [6.45, 7) is 6.77. The van der Waals surface area contributed by atoms with Gasteiger partial charge in [-0.05, 0) is 26.0 Å². The monoisotopic (exact) mass is 272 g/mol. The number of nitrogens with two attached hydrogens (primary N) is 1. The average molecular weight is 273 g/mol. The Labute approximate surface area is 114 Å². The molecule has 0 spiro atoms. The maximum absolute atomic E-state index is 14.0. The molecule has 0 fully saturated rings. The lowest BCUT2D eigenvalue weighted by molar-refractivity contribution is 0.149. The van der Waals surface area contributed by atoms with Crippen LogP contribution in [0.5, 0.6) is 0 Å². The molecule has 1 aromatic rings. The summed E-state index contributed by atoms with van der Waals surface area (Å²) >= 11 is 5.83. The Morgan fingerprint density at radius 1 is 1.33 bits per heavy atom.